The van der Waals surface area contributed by atoms with E-state index in [2.05, 4.69) is 61.2 Å². The molecule has 0 saturated carbocycles. The Morgan fingerprint density at radius 2 is 2.25 bits per heavy atom. The van der Waals surface area contributed by atoms with Crippen LogP contribution in [0.5, 0.6) is 0 Å². The fourth-order valence-electron chi connectivity index (χ4n) is 1.85. The third-order valence-corrected chi connectivity index (χ3v) is 4.89. The van der Waals surface area contributed by atoms with Gasteiger partial charge in [0.1, 0.15) is 6.33 Å². The molecular formula is C13H12BrN5S. The zero-order valence-corrected chi connectivity index (χ0v) is 13.1. The third kappa shape index (κ3) is 2.73. The van der Waals surface area contributed by atoms with E-state index < -0.39 is 0 Å². The molecule has 3 rings (SSSR count). The minimum Gasteiger partial charge on any atom is -0.380 e. The summed E-state index contributed by atoms with van der Waals surface area (Å²) in [6, 6.07) is 8.17. The molecule has 0 amide bonds. The van der Waals surface area contributed by atoms with Gasteiger partial charge in [-0.25, -0.2) is 4.68 Å². The number of tetrazole rings is 1. The van der Waals surface area contributed by atoms with Crippen LogP contribution in [0.4, 0.5) is 5.69 Å². The van der Waals surface area contributed by atoms with E-state index in [1.807, 2.05) is 12.1 Å². The SMILES string of the molecule is Cc1ccc(-n2cnnn2)cc1NCc1sccc1Br. The van der Waals surface area contributed by atoms with Crippen LogP contribution in [-0.4, -0.2) is 20.2 Å². The maximum absolute atomic E-state index is 3.90. The van der Waals surface area contributed by atoms with Gasteiger partial charge in [0.05, 0.1) is 12.2 Å². The minimum absolute atomic E-state index is 0.790. The van der Waals surface area contributed by atoms with E-state index in [9.17, 15) is 0 Å². The van der Waals surface area contributed by atoms with Crippen molar-refractivity contribution in [3.8, 4) is 5.69 Å². The monoisotopic (exact) mass is 349 g/mol. The summed E-state index contributed by atoms with van der Waals surface area (Å²) in [4.78, 5) is 1.28. The van der Waals surface area contributed by atoms with Crippen LogP contribution in [0, 0.1) is 6.92 Å². The molecule has 0 radical (unpaired) electrons. The number of aromatic nitrogens is 4. The molecule has 2 heterocycles. The minimum atomic E-state index is 0.790. The Kier molecular flexibility index (Phi) is 3.79. The summed E-state index contributed by atoms with van der Waals surface area (Å²) >= 11 is 5.27. The summed E-state index contributed by atoms with van der Waals surface area (Å²) in [7, 11) is 0. The molecule has 0 aliphatic carbocycles. The first-order valence-corrected chi connectivity index (χ1v) is 7.71. The van der Waals surface area contributed by atoms with Crippen LogP contribution in [0.25, 0.3) is 5.69 Å². The van der Waals surface area contributed by atoms with Gasteiger partial charge >= 0.3 is 0 Å². The van der Waals surface area contributed by atoms with Gasteiger partial charge in [-0.3, -0.25) is 0 Å². The smallest absolute Gasteiger partial charge is 0.143 e. The second-order valence-corrected chi connectivity index (χ2v) is 6.15. The average molecular weight is 350 g/mol. The van der Waals surface area contributed by atoms with E-state index in [1.54, 1.807) is 22.3 Å². The summed E-state index contributed by atoms with van der Waals surface area (Å²) in [5, 5.41) is 16.7. The maximum Gasteiger partial charge on any atom is 0.143 e. The lowest BCUT2D eigenvalue weighted by atomic mass is 10.2. The highest BCUT2D eigenvalue weighted by molar-refractivity contribution is 9.10. The lowest BCUT2D eigenvalue weighted by Gasteiger charge is -2.11. The summed E-state index contributed by atoms with van der Waals surface area (Å²) in [5.74, 6) is 0. The number of anilines is 1. The summed E-state index contributed by atoms with van der Waals surface area (Å²) in [6.45, 7) is 2.87. The normalized spacial score (nSPS) is 10.7. The van der Waals surface area contributed by atoms with Crippen molar-refractivity contribution in [3.05, 3.63) is 50.9 Å². The van der Waals surface area contributed by atoms with Crippen LogP contribution in [0.15, 0.2) is 40.4 Å². The van der Waals surface area contributed by atoms with Crippen molar-refractivity contribution in [2.24, 2.45) is 0 Å². The van der Waals surface area contributed by atoms with E-state index in [4.69, 9.17) is 0 Å². The number of halogens is 1. The van der Waals surface area contributed by atoms with Crippen molar-refractivity contribution in [2.75, 3.05) is 5.32 Å². The van der Waals surface area contributed by atoms with Gasteiger partial charge in [-0.1, -0.05) is 6.07 Å². The molecule has 102 valence electrons. The molecule has 0 atom stereocenters. The first-order chi connectivity index (χ1) is 9.74. The van der Waals surface area contributed by atoms with Gasteiger partial charge in [-0.15, -0.1) is 16.4 Å². The van der Waals surface area contributed by atoms with Gasteiger partial charge in [0.25, 0.3) is 0 Å². The third-order valence-electron chi connectivity index (χ3n) is 2.97. The van der Waals surface area contributed by atoms with Crippen molar-refractivity contribution in [2.45, 2.75) is 13.5 Å². The predicted octanol–water partition coefficient (Wildman–Crippen LogP) is 3.41. The van der Waals surface area contributed by atoms with E-state index >= 15 is 0 Å². The Balaban J connectivity index is 1.82. The average Bonchev–Trinajstić information content (AvgIpc) is 3.10. The second kappa shape index (κ2) is 5.72. The number of rotatable bonds is 4. The fraction of sp³-hybridized carbons (Fsp3) is 0.154. The van der Waals surface area contributed by atoms with Crippen LogP contribution < -0.4 is 5.32 Å². The van der Waals surface area contributed by atoms with Crippen LogP contribution in [-0.2, 0) is 6.54 Å². The number of hydrogen-bond donors (Lipinski definition) is 1. The molecule has 0 aliphatic heterocycles. The van der Waals surface area contributed by atoms with E-state index in [0.29, 0.717) is 0 Å². The van der Waals surface area contributed by atoms with Crippen LogP contribution in [0.3, 0.4) is 0 Å². The highest BCUT2D eigenvalue weighted by Crippen LogP contribution is 2.25. The standard InChI is InChI=1S/C13H12BrN5S/c1-9-2-3-10(19-8-16-17-18-19)6-12(9)15-7-13-11(14)4-5-20-13/h2-6,8,15H,7H2,1H3. The van der Waals surface area contributed by atoms with Gasteiger partial charge in [-0.2, -0.15) is 0 Å². The quantitative estimate of drug-likeness (QED) is 0.784. The number of aryl methyl sites for hydroxylation is 1. The fourth-order valence-corrected chi connectivity index (χ4v) is 3.28. The number of thiophene rings is 1. The Morgan fingerprint density at radius 3 is 2.95 bits per heavy atom. The summed E-state index contributed by atoms with van der Waals surface area (Å²) < 4.78 is 2.79. The lowest BCUT2D eigenvalue weighted by Crippen LogP contribution is -2.02. The molecule has 20 heavy (non-hydrogen) atoms. The number of nitrogens with zero attached hydrogens (tertiary/aromatic N) is 4. The van der Waals surface area contributed by atoms with Crippen molar-refractivity contribution in [1.29, 1.82) is 0 Å². The highest BCUT2D eigenvalue weighted by Gasteiger charge is 2.05. The largest absolute Gasteiger partial charge is 0.380 e. The van der Waals surface area contributed by atoms with E-state index in [-0.39, 0.29) is 0 Å². The molecule has 7 heteroatoms. The van der Waals surface area contributed by atoms with Gasteiger partial charge in [0.2, 0.25) is 0 Å². The Labute approximate surface area is 128 Å². The molecule has 2 aromatic heterocycles. The summed E-state index contributed by atoms with van der Waals surface area (Å²) in [5.41, 5.74) is 3.21. The maximum atomic E-state index is 3.90. The van der Waals surface area contributed by atoms with Gasteiger partial charge in [0, 0.05) is 15.0 Å². The lowest BCUT2D eigenvalue weighted by molar-refractivity contribution is 0.789. The molecule has 3 aromatic rings. The second-order valence-electron chi connectivity index (χ2n) is 4.30. The molecule has 0 aliphatic rings. The molecule has 0 spiro atoms. The van der Waals surface area contributed by atoms with Crippen LogP contribution in [0.2, 0.25) is 0 Å². The van der Waals surface area contributed by atoms with Crippen molar-refractivity contribution < 1.29 is 0 Å². The number of hydrogen-bond acceptors (Lipinski definition) is 5. The van der Waals surface area contributed by atoms with Gasteiger partial charge in [0.15, 0.2) is 0 Å². The molecule has 1 aromatic carbocycles. The zero-order valence-electron chi connectivity index (χ0n) is 10.7. The van der Waals surface area contributed by atoms with Gasteiger partial charge < -0.3 is 5.32 Å². The van der Waals surface area contributed by atoms with Gasteiger partial charge in [-0.05, 0) is 62.4 Å². The first kappa shape index (κ1) is 13.3. The zero-order chi connectivity index (χ0) is 13.9. The van der Waals surface area contributed by atoms with Crippen molar-refractivity contribution in [3.63, 3.8) is 0 Å². The molecule has 1 N–H and O–H groups in total. The number of benzene rings is 1. The molecule has 0 unspecified atom stereocenters. The van der Waals surface area contributed by atoms with Crippen molar-refractivity contribution in [1.82, 2.24) is 20.2 Å². The predicted molar refractivity (Wildman–Crippen MR) is 83.2 cm³/mol. The highest BCUT2D eigenvalue weighted by atomic mass is 79.9. The first-order valence-electron chi connectivity index (χ1n) is 6.04. The Morgan fingerprint density at radius 1 is 1.35 bits per heavy atom. The molecule has 5 nitrogen and oxygen atoms in total. The van der Waals surface area contributed by atoms with Crippen LogP contribution in [0.1, 0.15) is 10.4 Å². The molecule has 0 bridgehead atoms. The Hall–Kier alpha value is -1.73. The topological polar surface area (TPSA) is 55.6 Å². The molecule has 0 saturated heterocycles. The van der Waals surface area contributed by atoms with E-state index in [1.165, 1.54) is 10.4 Å². The van der Waals surface area contributed by atoms with E-state index in [0.717, 1.165) is 22.4 Å². The van der Waals surface area contributed by atoms with Crippen LogP contribution >= 0.6 is 27.3 Å². The number of nitrogens with one attached hydrogen (secondary N) is 1. The Bertz CT molecular complexity index is 707. The summed E-state index contributed by atoms with van der Waals surface area (Å²) in [6.07, 6.45) is 1.59. The van der Waals surface area contributed by atoms with Crippen molar-refractivity contribution >= 4 is 33.0 Å². The molecular weight excluding hydrogens is 338 g/mol. The molecule has 0 fully saturated rings.